The Hall–Kier alpha value is -2.93. The highest BCUT2D eigenvalue weighted by Gasteiger charge is 2.42. The van der Waals surface area contributed by atoms with Gasteiger partial charge in [-0.2, -0.15) is 0 Å². The minimum atomic E-state index is -0.000982. The Bertz CT molecular complexity index is 957. The highest BCUT2D eigenvalue weighted by atomic mass is 16.5. The molecular weight excluding hydrogens is 342 g/mol. The number of carbonyl (C=O) groups excluding carboxylic acids is 1. The van der Waals surface area contributed by atoms with E-state index in [2.05, 4.69) is 27.0 Å². The Morgan fingerprint density at radius 3 is 2.93 bits per heavy atom. The van der Waals surface area contributed by atoms with Gasteiger partial charge in [0.05, 0.1) is 37.6 Å². The first kappa shape index (κ1) is 16.3. The second-order valence-corrected chi connectivity index (χ2v) is 7.06. The first-order chi connectivity index (χ1) is 13.3. The zero-order valence-corrected chi connectivity index (χ0v) is 14.9. The molecule has 0 bridgehead atoms. The van der Waals surface area contributed by atoms with Crippen LogP contribution >= 0.6 is 0 Å². The maximum absolute atomic E-state index is 12.8. The molecule has 2 saturated heterocycles. The first-order valence-electron chi connectivity index (χ1n) is 9.26. The van der Waals surface area contributed by atoms with Crippen LogP contribution < -0.4 is 4.90 Å². The zero-order chi connectivity index (χ0) is 18.2. The lowest BCUT2D eigenvalue weighted by atomic mass is 10.1. The second-order valence-electron chi connectivity index (χ2n) is 7.06. The molecule has 0 unspecified atom stereocenters. The van der Waals surface area contributed by atoms with Crippen molar-refractivity contribution in [1.29, 1.82) is 0 Å². The smallest absolute Gasteiger partial charge is 0.225 e. The molecule has 2 aliphatic heterocycles. The van der Waals surface area contributed by atoms with Gasteiger partial charge in [-0.1, -0.05) is 30.3 Å². The van der Waals surface area contributed by atoms with Gasteiger partial charge in [0, 0.05) is 32.0 Å². The van der Waals surface area contributed by atoms with Crippen LogP contribution in [0, 0.1) is 0 Å². The van der Waals surface area contributed by atoms with Crippen molar-refractivity contribution in [2.75, 3.05) is 24.6 Å². The standard InChI is InChI=1S/C20H21N5O2/c26-20-6-9-27-17-14-23(19-11-21-10-18-22-7-8-24(18)19)13-16(17)25(20)12-15-4-2-1-3-5-15/h1-5,7-8,10-11,16-17H,6,9,12-14H2/t16-,17-/m0/s1. The molecule has 0 radical (unpaired) electrons. The molecule has 2 aliphatic rings. The Morgan fingerprint density at radius 2 is 2.04 bits per heavy atom. The molecule has 4 heterocycles. The van der Waals surface area contributed by atoms with Crippen LogP contribution in [-0.4, -0.2) is 57.0 Å². The summed E-state index contributed by atoms with van der Waals surface area (Å²) in [4.78, 5) is 25.7. The topological polar surface area (TPSA) is 63.0 Å². The second kappa shape index (κ2) is 6.66. The van der Waals surface area contributed by atoms with E-state index in [1.807, 2.05) is 39.9 Å². The Morgan fingerprint density at radius 1 is 1.15 bits per heavy atom. The Kier molecular flexibility index (Phi) is 4.01. The fourth-order valence-electron chi connectivity index (χ4n) is 4.09. The molecular formula is C20H21N5O2. The molecule has 3 aromatic rings. The lowest BCUT2D eigenvalue weighted by Crippen LogP contribution is -2.45. The highest BCUT2D eigenvalue weighted by molar-refractivity contribution is 5.77. The van der Waals surface area contributed by atoms with Crippen molar-refractivity contribution in [2.45, 2.75) is 25.1 Å². The third kappa shape index (κ3) is 2.94. The van der Waals surface area contributed by atoms with Gasteiger partial charge in [0.15, 0.2) is 5.65 Å². The third-order valence-corrected chi connectivity index (χ3v) is 5.42. The number of amides is 1. The number of fused-ring (bicyclic) bond motifs is 2. The SMILES string of the molecule is O=C1CCO[C@H]2CN(c3cncc4nccn34)C[C@@H]2N1Cc1ccccc1. The number of imidazole rings is 1. The van der Waals surface area contributed by atoms with E-state index in [0.29, 0.717) is 19.6 Å². The van der Waals surface area contributed by atoms with E-state index < -0.39 is 0 Å². The van der Waals surface area contributed by atoms with Crippen LogP contribution in [0.5, 0.6) is 0 Å². The number of anilines is 1. The zero-order valence-electron chi connectivity index (χ0n) is 14.9. The van der Waals surface area contributed by atoms with E-state index in [0.717, 1.165) is 30.1 Å². The van der Waals surface area contributed by atoms with Crippen LogP contribution in [-0.2, 0) is 16.1 Å². The van der Waals surface area contributed by atoms with Crippen molar-refractivity contribution in [3.05, 3.63) is 60.7 Å². The lowest BCUT2D eigenvalue weighted by Gasteiger charge is -2.29. The lowest BCUT2D eigenvalue weighted by molar-refractivity contribution is -0.133. The average molecular weight is 363 g/mol. The van der Waals surface area contributed by atoms with Gasteiger partial charge >= 0.3 is 0 Å². The number of hydrogen-bond donors (Lipinski definition) is 0. The number of nitrogens with zero attached hydrogens (tertiary/aromatic N) is 5. The summed E-state index contributed by atoms with van der Waals surface area (Å²) in [6, 6.07) is 10.2. The van der Waals surface area contributed by atoms with Gasteiger partial charge in [-0.05, 0) is 5.56 Å². The largest absolute Gasteiger partial charge is 0.374 e. The summed E-state index contributed by atoms with van der Waals surface area (Å²) in [5.41, 5.74) is 1.96. The van der Waals surface area contributed by atoms with E-state index in [9.17, 15) is 4.79 Å². The minimum Gasteiger partial charge on any atom is -0.374 e. The molecule has 27 heavy (non-hydrogen) atoms. The summed E-state index contributed by atoms with van der Waals surface area (Å²) in [5, 5.41) is 0. The van der Waals surface area contributed by atoms with E-state index in [-0.39, 0.29) is 18.1 Å². The minimum absolute atomic E-state index is 0.000982. The van der Waals surface area contributed by atoms with E-state index in [4.69, 9.17) is 4.74 Å². The summed E-state index contributed by atoms with van der Waals surface area (Å²) >= 11 is 0. The van der Waals surface area contributed by atoms with Gasteiger partial charge in [-0.15, -0.1) is 0 Å². The van der Waals surface area contributed by atoms with E-state index >= 15 is 0 Å². The number of ether oxygens (including phenoxy) is 1. The molecule has 1 aromatic carbocycles. The van der Waals surface area contributed by atoms with Gasteiger partial charge in [0.25, 0.3) is 0 Å². The number of benzene rings is 1. The van der Waals surface area contributed by atoms with Gasteiger partial charge in [0.1, 0.15) is 5.82 Å². The predicted octanol–water partition coefficient (Wildman–Crippen LogP) is 1.74. The van der Waals surface area contributed by atoms with Crippen LogP contribution in [0.4, 0.5) is 5.82 Å². The Balaban J connectivity index is 1.45. The summed E-state index contributed by atoms with van der Waals surface area (Å²) in [7, 11) is 0. The maximum Gasteiger partial charge on any atom is 0.225 e. The van der Waals surface area contributed by atoms with Crippen molar-refractivity contribution < 1.29 is 9.53 Å². The normalized spacial score (nSPS) is 22.9. The van der Waals surface area contributed by atoms with Gasteiger partial charge in [-0.25, -0.2) is 4.98 Å². The van der Waals surface area contributed by atoms with Crippen LogP contribution in [0.15, 0.2) is 55.1 Å². The van der Waals surface area contributed by atoms with Crippen molar-refractivity contribution in [1.82, 2.24) is 19.3 Å². The molecule has 7 nitrogen and oxygen atoms in total. The van der Waals surface area contributed by atoms with E-state index in [1.165, 1.54) is 0 Å². The van der Waals surface area contributed by atoms with E-state index in [1.54, 1.807) is 12.4 Å². The Labute approximate surface area is 157 Å². The molecule has 0 N–H and O–H groups in total. The molecule has 138 valence electrons. The highest BCUT2D eigenvalue weighted by Crippen LogP contribution is 2.28. The van der Waals surface area contributed by atoms with Gasteiger partial charge < -0.3 is 14.5 Å². The molecule has 0 aliphatic carbocycles. The van der Waals surface area contributed by atoms with Crippen LogP contribution in [0.25, 0.3) is 5.65 Å². The maximum atomic E-state index is 12.8. The molecule has 5 rings (SSSR count). The van der Waals surface area contributed by atoms with Crippen molar-refractivity contribution in [2.24, 2.45) is 0 Å². The number of hydrogen-bond acceptors (Lipinski definition) is 5. The third-order valence-electron chi connectivity index (χ3n) is 5.42. The first-order valence-corrected chi connectivity index (χ1v) is 9.26. The molecule has 2 aromatic heterocycles. The van der Waals surface area contributed by atoms with Crippen molar-refractivity contribution >= 4 is 17.4 Å². The summed E-state index contributed by atoms with van der Waals surface area (Å²) in [5.74, 6) is 1.14. The molecule has 2 atom stereocenters. The van der Waals surface area contributed by atoms with Crippen LogP contribution in [0.1, 0.15) is 12.0 Å². The number of aromatic nitrogens is 3. The van der Waals surface area contributed by atoms with Crippen LogP contribution in [0.2, 0.25) is 0 Å². The molecule has 0 saturated carbocycles. The summed E-state index contributed by atoms with van der Waals surface area (Å²) in [6.45, 7) is 2.56. The van der Waals surface area contributed by atoms with Gasteiger partial charge in [0.2, 0.25) is 5.91 Å². The van der Waals surface area contributed by atoms with Crippen molar-refractivity contribution in [3.8, 4) is 0 Å². The predicted molar refractivity (Wildman–Crippen MR) is 100 cm³/mol. The van der Waals surface area contributed by atoms with Crippen molar-refractivity contribution in [3.63, 3.8) is 0 Å². The van der Waals surface area contributed by atoms with Gasteiger partial charge in [-0.3, -0.25) is 14.2 Å². The summed E-state index contributed by atoms with van der Waals surface area (Å²) in [6.07, 6.45) is 7.75. The number of rotatable bonds is 3. The average Bonchev–Trinajstić information content (AvgIpc) is 3.31. The quantitative estimate of drug-likeness (QED) is 0.709. The fourth-order valence-corrected chi connectivity index (χ4v) is 4.09. The number of carbonyl (C=O) groups is 1. The fraction of sp³-hybridized carbons (Fsp3) is 0.350. The molecule has 2 fully saturated rings. The molecule has 1 amide bonds. The molecule has 7 heteroatoms. The summed E-state index contributed by atoms with van der Waals surface area (Å²) < 4.78 is 8.09. The monoisotopic (exact) mass is 363 g/mol. The van der Waals surface area contributed by atoms with Crippen LogP contribution in [0.3, 0.4) is 0 Å². The molecule has 0 spiro atoms.